The molecule has 1 heterocycles. The molecule has 6 heteroatoms. The molecule has 0 spiro atoms. The van der Waals surface area contributed by atoms with Gasteiger partial charge in [-0.05, 0) is 110 Å². The molecule has 4 N–H and O–H groups in total. The summed E-state index contributed by atoms with van der Waals surface area (Å²) in [6.45, 7) is 14.5. The third-order valence-corrected chi connectivity index (χ3v) is 13.4. The van der Waals surface area contributed by atoms with E-state index in [2.05, 4.69) is 47.6 Å². The first-order valence-corrected chi connectivity index (χ1v) is 17.1. The quantitative estimate of drug-likeness (QED) is 0.257. The lowest BCUT2D eigenvalue weighted by molar-refractivity contribution is -0.315. The minimum atomic E-state index is -1.39. The summed E-state index contributed by atoms with van der Waals surface area (Å²) in [5.41, 5.74) is 2.50. The van der Waals surface area contributed by atoms with Crippen LogP contribution in [-0.2, 0) is 9.47 Å². The molecule has 41 heavy (non-hydrogen) atoms. The molecule has 1 aliphatic heterocycles. The molecule has 4 fully saturated rings. The Kier molecular flexibility index (Phi) is 9.71. The van der Waals surface area contributed by atoms with Crippen LogP contribution < -0.4 is 0 Å². The van der Waals surface area contributed by atoms with Gasteiger partial charge >= 0.3 is 0 Å². The van der Waals surface area contributed by atoms with Crippen LogP contribution in [0.25, 0.3) is 0 Å². The van der Waals surface area contributed by atoms with Gasteiger partial charge in [0.25, 0.3) is 0 Å². The Hall–Kier alpha value is -0.500. The van der Waals surface area contributed by atoms with Gasteiger partial charge in [-0.25, -0.2) is 0 Å². The largest absolute Gasteiger partial charge is 0.394 e. The highest BCUT2D eigenvalue weighted by molar-refractivity contribution is 5.27. The summed E-state index contributed by atoms with van der Waals surface area (Å²) >= 11 is 0. The number of aliphatic hydroxyl groups excluding tert-OH is 4. The van der Waals surface area contributed by atoms with E-state index in [9.17, 15) is 20.4 Å². The average Bonchev–Trinajstić information content (AvgIpc) is 3.30. The Balaban J connectivity index is 1.24. The first-order valence-electron chi connectivity index (χ1n) is 17.1. The van der Waals surface area contributed by atoms with Crippen molar-refractivity contribution in [2.24, 2.45) is 52.3 Å². The van der Waals surface area contributed by atoms with Crippen molar-refractivity contribution in [2.75, 3.05) is 6.61 Å². The van der Waals surface area contributed by atoms with E-state index in [0.29, 0.717) is 17.3 Å². The highest BCUT2D eigenvalue weighted by atomic mass is 16.7. The molecule has 0 aromatic heterocycles. The summed E-state index contributed by atoms with van der Waals surface area (Å²) in [6, 6.07) is 0. The van der Waals surface area contributed by atoms with Crippen molar-refractivity contribution in [3.8, 4) is 0 Å². The summed E-state index contributed by atoms with van der Waals surface area (Å²) < 4.78 is 11.9. The van der Waals surface area contributed by atoms with Crippen LogP contribution in [0.15, 0.2) is 11.6 Å². The van der Waals surface area contributed by atoms with Crippen LogP contribution in [0.5, 0.6) is 0 Å². The van der Waals surface area contributed by atoms with E-state index >= 15 is 0 Å². The smallest absolute Gasteiger partial charge is 0.186 e. The summed E-state index contributed by atoms with van der Waals surface area (Å²) in [6.07, 6.45) is 10.0. The zero-order chi connectivity index (χ0) is 29.7. The lowest BCUT2D eigenvalue weighted by atomic mass is 9.47. The Morgan fingerprint density at radius 3 is 2.32 bits per heavy atom. The monoisotopic (exact) mass is 576 g/mol. The van der Waals surface area contributed by atoms with Crippen LogP contribution in [0, 0.1) is 52.3 Å². The van der Waals surface area contributed by atoms with E-state index in [4.69, 9.17) is 9.47 Å². The van der Waals surface area contributed by atoms with Gasteiger partial charge in [-0.1, -0.05) is 66.0 Å². The topological polar surface area (TPSA) is 99.4 Å². The Bertz CT molecular complexity index is 918. The average molecular weight is 577 g/mol. The predicted molar refractivity (Wildman–Crippen MR) is 161 cm³/mol. The Morgan fingerprint density at radius 1 is 0.927 bits per heavy atom. The van der Waals surface area contributed by atoms with Crippen molar-refractivity contribution in [1.29, 1.82) is 0 Å². The zero-order valence-corrected chi connectivity index (χ0v) is 26.7. The summed E-state index contributed by atoms with van der Waals surface area (Å²) in [5, 5.41) is 40.4. The lowest BCUT2D eigenvalue weighted by Gasteiger charge is -2.58. The van der Waals surface area contributed by atoms with E-state index < -0.39 is 37.3 Å². The normalized spacial score (nSPS) is 47.7. The first-order chi connectivity index (χ1) is 19.4. The number of hydrogen-bond donors (Lipinski definition) is 4. The van der Waals surface area contributed by atoms with Gasteiger partial charge in [-0.15, -0.1) is 0 Å². The van der Waals surface area contributed by atoms with Crippen molar-refractivity contribution < 1.29 is 29.9 Å². The van der Waals surface area contributed by atoms with E-state index in [1.54, 1.807) is 5.57 Å². The lowest BCUT2D eigenvalue weighted by Crippen LogP contribution is -2.60. The molecule has 236 valence electrons. The molecule has 0 amide bonds. The van der Waals surface area contributed by atoms with Crippen LogP contribution in [0.3, 0.4) is 0 Å². The van der Waals surface area contributed by atoms with Gasteiger partial charge in [0, 0.05) is 0 Å². The second-order valence-corrected chi connectivity index (χ2v) is 15.7. The molecule has 0 radical (unpaired) electrons. The van der Waals surface area contributed by atoms with E-state index in [1.165, 1.54) is 44.9 Å². The molecule has 0 bridgehead atoms. The van der Waals surface area contributed by atoms with Crippen LogP contribution in [-0.4, -0.2) is 63.8 Å². The van der Waals surface area contributed by atoms with E-state index in [1.807, 2.05) is 0 Å². The number of fused-ring (bicyclic) bond motifs is 5. The van der Waals surface area contributed by atoms with Gasteiger partial charge in [-0.3, -0.25) is 0 Å². The number of aliphatic hydroxyl groups is 4. The van der Waals surface area contributed by atoms with Gasteiger partial charge in [0.1, 0.15) is 24.4 Å². The molecule has 5 rings (SSSR count). The maximum absolute atomic E-state index is 10.5. The molecule has 4 aliphatic carbocycles. The number of rotatable bonds is 9. The minimum Gasteiger partial charge on any atom is -0.394 e. The summed E-state index contributed by atoms with van der Waals surface area (Å²) in [7, 11) is 0. The van der Waals surface area contributed by atoms with Gasteiger partial charge in [0.15, 0.2) is 6.29 Å². The molecule has 5 aliphatic rings. The second kappa shape index (κ2) is 12.5. The van der Waals surface area contributed by atoms with Crippen LogP contribution in [0.2, 0.25) is 0 Å². The molecule has 1 saturated heterocycles. The molecule has 0 aromatic rings. The minimum absolute atomic E-state index is 0.0622. The maximum atomic E-state index is 10.5. The summed E-state index contributed by atoms with van der Waals surface area (Å²) in [5.74, 6) is 5.21. The molecular weight excluding hydrogens is 516 g/mol. The second-order valence-electron chi connectivity index (χ2n) is 15.7. The van der Waals surface area contributed by atoms with Gasteiger partial charge < -0.3 is 29.9 Å². The van der Waals surface area contributed by atoms with E-state index in [0.717, 1.165) is 55.3 Å². The number of hydrogen-bond acceptors (Lipinski definition) is 6. The highest BCUT2D eigenvalue weighted by Crippen LogP contribution is 2.67. The molecule has 0 aromatic carbocycles. The van der Waals surface area contributed by atoms with E-state index in [-0.39, 0.29) is 11.5 Å². The summed E-state index contributed by atoms with van der Waals surface area (Å²) in [4.78, 5) is 0. The van der Waals surface area contributed by atoms with Gasteiger partial charge in [-0.2, -0.15) is 0 Å². The fourth-order valence-electron chi connectivity index (χ4n) is 10.6. The maximum Gasteiger partial charge on any atom is 0.186 e. The standard InChI is InChI=1S/C35H60O6/c1-7-22(20(2)3)9-8-21(4)26-12-13-27-25-11-10-23-18-24(14-16-34(23,5)28(25)15-17-35(26,27)6)40-33-32(39)31(38)30(37)29(19-36)41-33/h11,20-24,26-33,36-39H,7-10,12-19H2,1-6H3/t21-,22+,23+,24+,26-,27+,28+,29-,30-,31+,32-,33-,34+,35-/m1/s1. The molecule has 0 unspecified atom stereocenters. The molecular formula is C35H60O6. The van der Waals surface area contributed by atoms with Crippen LogP contribution in [0.4, 0.5) is 0 Å². The third kappa shape index (κ3) is 5.73. The highest BCUT2D eigenvalue weighted by Gasteiger charge is 2.58. The number of ether oxygens (including phenoxy) is 2. The van der Waals surface area contributed by atoms with Crippen molar-refractivity contribution >= 4 is 0 Å². The SMILES string of the molecule is CC[C@@H](CC[C@@H](C)[C@H]1CC[C@H]2C3=CC[C@H]4C[C@@H](O[C@@H]5O[C@H](CO)[C@@H](O)[C@H](O)[C@H]5O)CC[C@]4(C)[C@H]3CC[C@]12C)C(C)C. The van der Waals surface area contributed by atoms with Crippen molar-refractivity contribution in [3.05, 3.63) is 11.6 Å². The van der Waals surface area contributed by atoms with Crippen molar-refractivity contribution in [2.45, 2.75) is 149 Å². The van der Waals surface area contributed by atoms with Crippen molar-refractivity contribution in [1.82, 2.24) is 0 Å². The van der Waals surface area contributed by atoms with Crippen molar-refractivity contribution in [3.63, 3.8) is 0 Å². The third-order valence-electron chi connectivity index (χ3n) is 13.4. The number of allylic oxidation sites excluding steroid dienone is 2. The Labute approximate surface area is 249 Å². The zero-order valence-electron chi connectivity index (χ0n) is 26.7. The fourth-order valence-corrected chi connectivity index (χ4v) is 10.6. The van der Waals surface area contributed by atoms with Gasteiger partial charge in [0.2, 0.25) is 0 Å². The molecule has 3 saturated carbocycles. The fraction of sp³-hybridized carbons (Fsp3) is 0.943. The molecule has 14 atom stereocenters. The predicted octanol–water partition coefficient (Wildman–Crippen LogP) is 5.85. The first kappa shape index (κ1) is 31.9. The molecule has 6 nitrogen and oxygen atoms in total. The van der Waals surface area contributed by atoms with Crippen LogP contribution >= 0.6 is 0 Å². The Morgan fingerprint density at radius 2 is 1.63 bits per heavy atom. The van der Waals surface area contributed by atoms with Gasteiger partial charge in [0.05, 0.1) is 12.7 Å². The van der Waals surface area contributed by atoms with Crippen LogP contribution in [0.1, 0.15) is 112 Å².